The minimum Gasteiger partial charge on any atom is -0.477 e. The van der Waals surface area contributed by atoms with E-state index in [0.29, 0.717) is 0 Å². The lowest BCUT2D eigenvalue weighted by Crippen LogP contribution is -2.42. The molecule has 1 atom stereocenters. The average molecular weight is 347 g/mol. The van der Waals surface area contributed by atoms with E-state index >= 15 is 4.39 Å². The number of amides is 1. The summed E-state index contributed by atoms with van der Waals surface area (Å²) < 4.78 is 16.6. The van der Waals surface area contributed by atoms with Gasteiger partial charge in [0, 0.05) is 12.2 Å². The van der Waals surface area contributed by atoms with E-state index in [1.54, 1.807) is 0 Å². The predicted molar refractivity (Wildman–Crippen MR) is 86.5 cm³/mol. The van der Waals surface area contributed by atoms with Crippen LogP contribution in [0.5, 0.6) is 0 Å². The molecular weight excluding hydrogens is 333 g/mol. The van der Waals surface area contributed by atoms with Crippen LogP contribution in [0.15, 0.2) is 17.1 Å². The fraction of sp³-hybridized carbons (Fsp3) is 0.312. The third kappa shape index (κ3) is 2.27. The van der Waals surface area contributed by atoms with Crippen LogP contribution >= 0.6 is 0 Å². The number of halogens is 1. The SMILES string of the molecule is O=C(O)c1cn(C2CC2)c2c(F)c3c(cc2c1=O)NC(=O)C(CO)N3. The molecule has 25 heavy (non-hydrogen) atoms. The number of carbonyl (C=O) groups is 2. The molecule has 2 heterocycles. The van der Waals surface area contributed by atoms with E-state index in [1.807, 2.05) is 0 Å². The highest BCUT2D eigenvalue weighted by Crippen LogP contribution is 2.41. The first kappa shape index (κ1) is 15.6. The van der Waals surface area contributed by atoms with E-state index < -0.39 is 41.3 Å². The van der Waals surface area contributed by atoms with Crippen LogP contribution in [0.1, 0.15) is 29.2 Å². The predicted octanol–water partition coefficient (Wildman–Crippen LogP) is 0.899. The number of anilines is 2. The first-order valence-electron chi connectivity index (χ1n) is 7.75. The number of pyridine rings is 1. The first-order chi connectivity index (χ1) is 11.9. The molecule has 1 aromatic carbocycles. The molecule has 130 valence electrons. The molecule has 0 saturated heterocycles. The molecule has 1 saturated carbocycles. The number of nitrogens with zero attached hydrogens (tertiary/aromatic N) is 1. The van der Waals surface area contributed by atoms with Gasteiger partial charge in [-0.15, -0.1) is 0 Å². The number of carbonyl (C=O) groups excluding carboxylic acids is 1. The molecule has 2 aromatic rings. The van der Waals surface area contributed by atoms with Crippen LogP contribution in [-0.2, 0) is 4.79 Å². The molecule has 8 nitrogen and oxygen atoms in total. The lowest BCUT2D eigenvalue weighted by molar-refractivity contribution is -0.117. The van der Waals surface area contributed by atoms with Crippen LogP contribution < -0.4 is 16.1 Å². The zero-order valence-corrected chi connectivity index (χ0v) is 12.9. The fourth-order valence-corrected chi connectivity index (χ4v) is 3.09. The van der Waals surface area contributed by atoms with E-state index in [0.717, 1.165) is 12.8 Å². The second-order valence-corrected chi connectivity index (χ2v) is 6.19. The van der Waals surface area contributed by atoms with Crippen molar-refractivity contribution in [3.8, 4) is 0 Å². The summed E-state index contributed by atoms with van der Waals surface area (Å²) >= 11 is 0. The first-order valence-corrected chi connectivity index (χ1v) is 7.75. The van der Waals surface area contributed by atoms with Gasteiger partial charge in [-0.2, -0.15) is 0 Å². The Labute approximate surface area is 139 Å². The number of carboxylic acids is 1. The molecule has 0 spiro atoms. The van der Waals surface area contributed by atoms with Gasteiger partial charge in [0.25, 0.3) is 0 Å². The van der Waals surface area contributed by atoms with Crippen molar-refractivity contribution in [3.63, 3.8) is 0 Å². The van der Waals surface area contributed by atoms with Crippen molar-refractivity contribution in [3.05, 3.63) is 33.9 Å². The van der Waals surface area contributed by atoms with Crippen molar-refractivity contribution >= 4 is 34.2 Å². The highest BCUT2D eigenvalue weighted by atomic mass is 19.1. The van der Waals surface area contributed by atoms with Gasteiger partial charge in [0.15, 0.2) is 5.82 Å². The second-order valence-electron chi connectivity index (χ2n) is 6.19. The highest BCUT2D eigenvalue weighted by molar-refractivity contribution is 6.07. The summed E-state index contributed by atoms with van der Waals surface area (Å²) in [6, 6.07) is 0.208. The summed E-state index contributed by atoms with van der Waals surface area (Å²) in [5.74, 6) is -2.71. The fourth-order valence-electron chi connectivity index (χ4n) is 3.09. The molecule has 1 fully saturated rings. The molecule has 9 heteroatoms. The van der Waals surface area contributed by atoms with E-state index in [2.05, 4.69) is 10.6 Å². The number of fused-ring (bicyclic) bond motifs is 2. The second kappa shape index (κ2) is 5.28. The summed E-state index contributed by atoms with van der Waals surface area (Å²) in [5.41, 5.74) is -1.23. The standard InChI is InChI=1S/C16H14FN3O5/c17-11-12-9(19-15(23)10(5-21)18-12)3-7-13(11)20(6-1-2-6)4-8(14(7)22)16(24)25/h3-4,6,10,18,21H,1-2,5H2,(H,19,23)(H,24,25). The number of aliphatic hydroxyl groups is 1. The Morgan fingerprint density at radius 1 is 1.36 bits per heavy atom. The minimum atomic E-state index is -1.39. The zero-order chi connectivity index (χ0) is 17.9. The van der Waals surface area contributed by atoms with Gasteiger partial charge in [-0.3, -0.25) is 9.59 Å². The molecule has 1 aliphatic carbocycles. The van der Waals surface area contributed by atoms with Gasteiger partial charge in [0.05, 0.1) is 28.9 Å². The van der Waals surface area contributed by atoms with Crippen molar-refractivity contribution in [1.82, 2.24) is 4.57 Å². The van der Waals surface area contributed by atoms with Gasteiger partial charge in [-0.05, 0) is 18.9 Å². The number of rotatable bonds is 3. The number of benzene rings is 1. The quantitative estimate of drug-likeness (QED) is 0.655. The Balaban J connectivity index is 2.06. The van der Waals surface area contributed by atoms with Crippen molar-refractivity contribution in [1.29, 1.82) is 0 Å². The Bertz CT molecular complexity index is 996. The summed E-state index contributed by atoms with van der Waals surface area (Å²) in [6.07, 6.45) is 2.69. The molecular formula is C16H14FN3O5. The smallest absolute Gasteiger partial charge is 0.341 e. The Morgan fingerprint density at radius 2 is 2.08 bits per heavy atom. The van der Waals surface area contributed by atoms with Crippen LogP contribution in [0.2, 0.25) is 0 Å². The molecule has 1 amide bonds. The number of aromatic carboxylic acids is 1. The van der Waals surface area contributed by atoms with Crippen LogP contribution in [-0.4, -0.2) is 39.3 Å². The molecule has 4 rings (SSSR count). The van der Waals surface area contributed by atoms with Crippen molar-refractivity contribution in [2.24, 2.45) is 0 Å². The van der Waals surface area contributed by atoms with E-state index in [4.69, 9.17) is 0 Å². The van der Waals surface area contributed by atoms with Gasteiger partial charge in [0.2, 0.25) is 11.3 Å². The van der Waals surface area contributed by atoms with Crippen LogP contribution in [0.3, 0.4) is 0 Å². The highest BCUT2D eigenvalue weighted by Gasteiger charge is 2.33. The summed E-state index contributed by atoms with van der Waals surface area (Å²) in [7, 11) is 0. The van der Waals surface area contributed by atoms with Crippen LogP contribution in [0, 0.1) is 5.82 Å². The Morgan fingerprint density at radius 3 is 2.68 bits per heavy atom. The topological polar surface area (TPSA) is 121 Å². The van der Waals surface area contributed by atoms with Crippen molar-refractivity contribution < 1.29 is 24.2 Å². The number of nitrogens with one attached hydrogen (secondary N) is 2. The molecule has 1 aliphatic heterocycles. The van der Waals surface area contributed by atoms with E-state index in [1.165, 1.54) is 16.8 Å². The maximum Gasteiger partial charge on any atom is 0.341 e. The number of hydrogen-bond acceptors (Lipinski definition) is 5. The molecule has 1 aromatic heterocycles. The molecule has 2 aliphatic rings. The average Bonchev–Trinajstić information content (AvgIpc) is 3.40. The lowest BCUT2D eigenvalue weighted by Gasteiger charge is -2.27. The maximum absolute atomic E-state index is 15.1. The summed E-state index contributed by atoms with van der Waals surface area (Å²) in [4.78, 5) is 35.7. The minimum absolute atomic E-state index is 0.00316. The largest absolute Gasteiger partial charge is 0.477 e. The molecule has 0 radical (unpaired) electrons. The van der Waals surface area contributed by atoms with Crippen molar-refractivity contribution in [2.45, 2.75) is 24.9 Å². The third-order valence-electron chi connectivity index (χ3n) is 4.50. The van der Waals surface area contributed by atoms with Gasteiger partial charge in [0.1, 0.15) is 11.6 Å². The van der Waals surface area contributed by atoms with Crippen LogP contribution in [0.25, 0.3) is 10.9 Å². The third-order valence-corrected chi connectivity index (χ3v) is 4.50. The molecule has 0 bridgehead atoms. The van der Waals surface area contributed by atoms with Crippen LogP contribution in [0.4, 0.5) is 15.8 Å². The maximum atomic E-state index is 15.1. The number of aromatic nitrogens is 1. The van der Waals surface area contributed by atoms with Crippen molar-refractivity contribution in [2.75, 3.05) is 17.2 Å². The van der Waals surface area contributed by atoms with Gasteiger partial charge < -0.3 is 25.4 Å². The van der Waals surface area contributed by atoms with E-state index in [9.17, 15) is 24.6 Å². The number of carboxylic acid groups (broad SMARTS) is 1. The summed E-state index contributed by atoms with van der Waals surface area (Å²) in [5, 5.41) is 23.4. The zero-order valence-electron chi connectivity index (χ0n) is 12.9. The van der Waals surface area contributed by atoms with Gasteiger partial charge in [-0.25, -0.2) is 9.18 Å². The normalized spacial score (nSPS) is 19.3. The molecule has 1 unspecified atom stereocenters. The Hall–Kier alpha value is -2.94. The van der Waals surface area contributed by atoms with Gasteiger partial charge >= 0.3 is 5.97 Å². The summed E-state index contributed by atoms with van der Waals surface area (Å²) in [6.45, 7) is -0.518. The van der Waals surface area contributed by atoms with Gasteiger partial charge in [-0.1, -0.05) is 0 Å². The Kier molecular flexibility index (Phi) is 3.29. The van der Waals surface area contributed by atoms with E-state index in [-0.39, 0.29) is 28.3 Å². The number of hydrogen-bond donors (Lipinski definition) is 4. The lowest BCUT2D eigenvalue weighted by atomic mass is 10.1. The number of aliphatic hydroxyl groups excluding tert-OH is 1. The monoisotopic (exact) mass is 347 g/mol. The molecule has 4 N–H and O–H groups in total.